The Hall–Kier alpha value is -4.24. The lowest BCUT2D eigenvalue weighted by Crippen LogP contribution is -2.50. The van der Waals surface area contributed by atoms with Crippen molar-refractivity contribution in [2.45, 2.75) is 58.3 Å². The van der Waals surface area contributed by atoms with Gasteiger partial charge in [-0.1, -0.05) is 6.92 Å². The van der Waals surface area contributed by atoms with E-state index in [1.54, 1.807) is 75.0 Å². The molecule has 5 atom stereocenters. The van der Waals surface area contributed by atoms with Crippen LogP contribution in [0.25, 0.3) is 0 Å². The maximum atomic E-state index is 13.7. The second kappa shape index (κ2) is 14.9. The quantitative estimate of drug-likeness (QED) is 0.159. The van der Waals surface area contributed by atoms with Crippen LogP contribution >= 0.6 is 0 Å². The monoisotopic (exact) mass is 640 g/mol. The maximum Gasteiger partial charge on any atom is 0.238 e. The minimum atomic E-state index is -0.907. The summed E-state index contributed by atoms with van der Waals surface area (Å²) in [5, 5.41) is 5.53. The number of rotatable bonds is 15. The number of ether oxygens (including phenoxy) is 4. The minimum absolute atomic E-state index is 0.0335. The highest BCUT2D eigenvalue weighted by Gasteiger charge is 2.30. The fourth-order valence-electron chi connectivity index (χ4n) is 4.99. The topological polar surface area (TPSA) is 188 Å². The van der Waals surface area contributed by atoms with Gasteiger partial charge < -0.3 is 41.0 Å². The van der Waals surface area contributed by atoms with Crippen LogP contribution in [0, 0.1) is 5.92 Å². The third-order valence-corrected chi connectivity index (χ3v) is 8.48. The fraction of sp³-hybridized carbons (Fsp3) is 0.500. The van der Waals surface area contributed by atoms with Gasteiger partial charge in [0.2, 0.25) is 25.4 Å². The second-order valence-electron chi connectivity index (χ2n) is 11.9. The third-order valence-electron chi connectivity index (χ3n) is 8.48. The Morgan fingerprint density at radius 2 is 1.26 bits per heavy atom. The van der Waals surface area contributed by atoms with Gasteiger partial charge in [-0.15, -0.1) is 0 Å². The van der Waals surface area contributed by atoms with E-state index in [1.165, 1.54) is 0 Å². The van der Waals surface area contributed by atoms with Crippen molar-refractivity contribution in [3.63, 3.8) is 0 Å². The van der Waals surface area contributed by atoms with Crippen molar-refractivity contribution in [2.75, 3.05) is 41.0 Å². The van der Waals surface area contributed by atoms with E-state index in [-0.39, 0.29) is 50.3 Å². The first-order valence-electron chi connectivity index (χ1n) is 15.2. The molecule has 2 aliphatic heterocycles. The Kier molecular flexibility index (Phi) is 11.2. The van der Waals surface area contributed by atoms with Crippen molar-refractivity contribution >= 4 is 23.4 Å². The van der Waals surface area contributed by atoms with Crippen LogP contribution in [0.3, 0.4) is 0 Å². The van der Waals surface area contributed by atoms with Crippen molar-refractivity contribution in [1.29, 1.82) is 0 Å². The average molecular weight is 641 g/mol. The number of nitrogens with two attached hydrogens (primary N) is 2. The van der Waals surface area contributed by atoms with E-state index in [1.807, 2.05) is 6.92 Å². The van der Waals surface area contributed by atoms with E-state index >= 15 is 0 Å². The number of likely N-dealkylation sites (N-methyl/N-ethyl adjacent to an activating group) is 2. The number of nitrogens with zero attached hydrogens (tertiary/aromatic N) is 2. The number of carbonyl (C=O) groups excluding carboxylic acids is 4. The van der Waals surface area contributed by atoms with Crippen LogP contribution in [-0.2, 0) is 16.0 Å². The molecule has 2 aromatic rings. The van der Waals surface area contributed by atoms with Gasteiger partial charge in [0.1, 0.15) is 0 Å². The first-order chi connectivity index (χ1) is 21.8. The molecule has 4 rings (SSSR count). The van der Waals surface area contributed by atoms with Crippen LogP contribution in [-0.4, -0.2) is 98.4 Å². The van der Waals surface area contributed by atoms with E-state index in [0.717, 1.165) is 0 Å². The molecule has 0 saturated carbocycles. The Bertz CT molecular complexity index is 1470. The zero-order valence-electron chi connectivity index (χ0n) is 27.1. The summed E-state index contributed by atoms with van der Waals surface area (Å²) in [6.07, 6.45) is 0.305. The molecular weight excluding hydrogens is 596 g/mol. The zero-order valence-corrected chi connectivity index (χ0v) is 27.1. The lowest BCUT2D eigenvalue weighted by atomic mass is 9.88. The average Bonchev–Trinajstić information content (AvgIpc) is 3.72. The van der Waals surface area contributed by atoms with Gasteiger partial charge in [0, 0.05) is 11.1 Å². The van der Waals surface area contributed by atoms with Crippen molar-refractivity contribution in [2.24, 2.45) is 17.4 Å². The van der Waals surface area contributed by atoms with Crippen LogP contribution in [0.1, 0.15) is 54.0 Å². The lowest BCUT2D eigenvalue weighted by Gasteiger charge is -2.27. The van der Waals surface area contributed by atoms with Gasteiger partial charge in [0.25, 0.3) is 0 Å². The number of ketones is 2. The summed E-state index contributed by atoms with van der Waals surface area (Å²) in [7, 11) is 3.45. The lowest BCUT2D eigenvalue weighted by molar-refractivity contribution is -0.124. The summed E-state index contributed by atoms with van der Waals surface area (Å²) in [6.45, 7) is 7.28. The van der Waals surface area contributed by atoms with Crippen LogP contribution < -0.4 is 41.0 Å². The smallest absolute Gasteiger partial charge is 0.238 e. The molecule has 6 N–H and O–H groups in total. The second-order valence-corrected chi connectivity index (χ2v) is 11.9. The first kappa shape index (κ1) is 34.6. The van der Waals surface area contributed by atoms with Gasteiger partial charge in [0.05, 0.1) is 37.5 Å². The zero-order chi connectivity index (χ0) is 33.7. The van der Waals surface area contributed by atoms with Crippen LogP contribution in [0.4, 0.5) is 0 Å². The van der Waals surface area contributed by atoms with E-state index in [4.69, 9.17) is 30.4 Å². The van der Waals surface area contributed by atoms with Crippen LogP contribution in [0.5, 0.6) is 23.0 Å². The normalized spacial score (nSPS) is 16.5. The summed E-state index contributed by atoms with van der Waals surface area (Å²) in [5.74, 6) is 0.649. The standard InChI is InChI=1S/C32H44N6O8/c1-17(28(34)32(42)36-14-37(5)19(3)29(39)21-7-8-24-25(10-21)44-15-43-24)9-22-11-26-27(46-16-45-26)12-23(22)30(40)20(4)38(6)13-35-31(41)18(2)33/h7-8,10-12,17-20,28H,9,13-16,33-34H2,1-6H3,(H,35,41)(H,36,42). The van der Waals surface area contributed by atoms with Gasteiger partial charge in [-0.2, -0.15) is 0 Å². The number of Topliss-reactive ketones (excluding diaryl/α,β-unsaturated/α-hetero) is 2. The predicted molar refractivity (Wildman–Crippen MR) is 169 cm³/mol. The molecule has 0 aliphatic carbocycles. The molecule has 250 valence electrons. The molecular formula is C32H44N6O8. The van der Waals surface area contributed by atoms with Gasteiger partial charge >= 0.3 is 0 Å². The van der Waals surface area contributed by atoms with Crippen molar-refractivity contribution in [1.82, 2.24) is 20.4 Å². The number of nitrogens with one attached hydrogen (secondary N) is 2. The molecule has 14 heteroatoms. The molecule has 0 radical (unpaired) electrons. The summed E-state index contributed by atoms with van der Waals surface area (Å²) >= 11 is 0. The van der Waals surface area contributed by atoms with Gasteiger partial charge in [0.15, 0.2) is 34.6 Å². The summed E-state index contributed by atoms with van der Waals surface area (Å²) < 4.78 is 21.8. The Morgan fingerprint density at radius 3 is 1.87 bits per heavy atom. The third kappa shape index (κ3) is 7.94. The molecule has 46 heavy (non-hydrogen) atoms. The number of amides is 2. The summed E-state index contributed by atoms with van der Waals surface area (Å²) in [5.41, 5.74) is 13.6. The molecule has 0 bridgehead atoms. The SMILES string of the molecule is CC(N)C(=O)NCN(C)C(C)C(=O)c1cc2c(cc1CC(C)C(N)C(=O)NCN(C)C(C)C(=O)c1ccc3c(c1)OCO3)OCO2. The highest BCUT2D eigenvalue weighted by molar-refractivity contribution is 6.02. The molecule has 14 nitrogen and oxygen atoms in total. The van der Waals surface area contributed by atoms with E-state index in [9.17, 15) is 19.2 Å². The molecule has 0 aromatic heterocycles. The maximum absolute atomic E-state index is 13.7. The first-order valence-corrected chi connectivity index (χ1v) is 15.2. The van der Waals surface area contributed by atoms with Crippen LogP contribution in [0.15, 0.2) is 30.3 Å². The highest BCUT2D eigenvalue weighted by Crippen LogP contribution is 2.37. The molecule has 0 fully saturated rings. The van der Waals surface area contributed by atoms with Gasteiger partial charge in [-0.25, -0.2) is 0 Å². The number of benzene rings is 2. The number of hydrogen-bond donors (Lipinski definition) is 4. The van der Waals surface area contributed by atoms with E-state index in [2.05, 4.69) is 10.6 Å². The molecule has 2 amide bonds. The summed E-state index contributed by atoms with van der Waals surface area (Å²) in [6, 6.07) is 5.72. The van der Waals surface area contributed by atoms with Gasteiger partial charge in [-0.3, -0.25) is 29.0 Å². The van der Waals surface area contributed by atoms with E-state index < -0.39 is 30.1 Å². The number of hydrogen-bond acceptors (Lipinski definition) is 12. The van der Waals surface area contributed by atoms with Crippen molar-refractivity contribution < 1.29 is 38.1 Å². The molecule has 2 aliphatic rings. The van der Waals surface area contributed by atoms with Gasteiger partial charge in [-0.05, 0) is 83.1 Å². The van der Waals surface area contributed by atoms with Crippen molar-refractivity contribution in [3.05, 3.63) is 47.0 Å². The summed E-state index contributed by atoms with van der Waals surface area (Å²) in [4.78, 5) is 55.2. The van der Waals surface area contributed by atoms with Crippen LogP contribution in [0.2, 0.25) is 0 Å². The predicted octanol–water partition coefficient (Wildman–Crippen LogP) is 0.851. The Labute approximate surface area is 268 Å². The molecule has 2 aromatic carbocycles. The Morgan fingerprint density at radius 1 is 0.739 bits per heavy atom. The van der Waals surface area contributed by atoms with Crippen molar-refractivity contribution in [3.8, 4) is 23.0 Å². The highest BCUT2D eigenvalue weighted by atomic mass is 16.7. The molecule has 5 unspecified atom stereocenters. The minimum Gasteiger partial charge on any atom is -0.454 e. The largest absolute Gasteiger partial charge is 0.454 e. The number of carbonyl (C=O) groups is 4. The number of fused-ring (bicyclic) bond motifs is 2. The Balaban J connectivity index is 1.37. The molecule has 2 heterocycles. The van der Waals surface area contributed by atoms with E-state index in [0.29, 0.717) is 46.1 Å². The molecule has 0 saturated heterocycles. The molecule has 0 spiro atoms. The fourth-order valence-corrected chi connectivity index (χ4v) is 4.99.